The Morgan fingerprint density at radius 2 is 0.800 bits per heavy atom. The quantitative estimate of drug-likeness (QED) is 0.0612. The van der Waals surface area contributed by atoms with Gasteiger partial charge >= 0.3 is 0 Å². The van der Waals surface area contributed by atoms with E-state index in [4.69, 9.17) is 9.47 Å². The fourth-order valence-electron chi connectivity index (χ4n) is 5.37. The Balaban J connectivity index is 3.29. The molecule has 0 spiro atoms. The summed E-state index contributed by atoms with van der Waals surface area (Å²) in [4.78, 5) is 0. The van der Waals surface area contributed by atoms with Gasteiger partial charge < -0.3 is 14.6 Å². The molecular formula is C37H74O3. The maximum absolute atomic E-state index is 9.58. The van der Waals surface area contributed by atoms with Crippen molar-refractivity contribution in [3.8, 4) is 0 Å². The first-order chi connectivity index (χ1) is 19.8. The second-order valence-electron chi connectivity index (χ2n) is 12.3. The lowest BCUT2D eigenvalue weighted by atomic mass is 10.0. The molecule has 1 unspecified atom stereocenters. The van der Waals surface area contributed by atoms with Crippen LogP contribution >= 0.6 is 0 Å². The molecule has 1 atom stereocenters. The van der Waals surface area contributed by atoms with E-state index in [2.05, 4.69) is 26.0 Å². The molecule has 0 rings (SSSR count). The van der Waals surface area contributed by atoms with Crippen LogP contribution in [0.2, 0.25) is 0 Å². The predicted octanol–water partition coefficient (Wildman–Crippen LogP) is 11.9. The van der Waals surface area contributed by atoms with E-state index in [0.717, 1.165) is 26.1 Å². The van der Waals surface area contributed by atoms with Gasteiger partial charge in [0.15, 0.2) is 0 Å². The molecule has 0 aromatic carbocycles. The number of ether oxygens (including phenoxy) is 2. The van der Waals surface area contributed by atoms with Gasteiger partial charge in [0.1, 0.15) is 6.10 Å². The van der Waals surface area contributed by atoms with Crippen LogP contribution in [0.15, 0.2) is 12.2 Å². The van der Waals surface area contributed by atoms with E-state index >= 15 is 0 Å². The van der Waals surface area contributed by atoms with Crippen LogP contribution in [0.5, 0.6) is 0 Å². The number of rotatable bonds is 35. The van der Waals surface area contributed by atoms with Crippen LogP contribution < -0.4 is 0 Å². The number of allylic oxidation sites excluding steroid dienone is 2. The zero-order valence-corrected chi connectivity index (χ0v) is 27.6. The Morgan fingerprint density at radius 3 is 1.20 bits per heavy atom. The van der Waals surface area contributed by atoms with E-state index < -0.39 is 0 Å². The molecule has 0 fully saturated rings. The smallest absolute Gasteiger partial charge is 0.104 e. The van der Waals surface area contributed by atoms with Crippen LogP contribution in [0.1, 0.15) is 194 Å². The SMILES string of the molecule is CCCCCCCC/C=C\CCCCCCCCOC(CO)COCCCCCCCCCCCCCCCC. The zero-order chi connectivity index (χ0) is 29.0. The molecule has 0 saturated carbocycles. The zero-order valence-electron chi connectivity index (χ0n) is 27.6. The molecule has 240 valence electrons. The summed E-state index contributed by atoms with van der Waals surface area (Å²) < 4.78 is 11.6. The highest BCUT2D eigenvalue weighted by Gasteiger charge is 2.07. The average molecular weight is 567 g/mol. The highest BCUT2D eigenvalue weighted by molar-refractivity contribution is 4.81. The fraction of sp³-hybridized carbons (Fsp3) is 0.946. The molecule has 0 heterocycles. The van der Waals surface area contributed by atoms with Gasteiger partial charge in [-0.1, -0.05) is 167 Å². The van der Waals surface area contributed by atoms with Gasteiger partial charge in [0.05, 0.1) is 13.2 Å². The summed E-state index contributed by atoms with van der Waals surface area (Å²) in [6, 6.07) is 0. The number of unbranched alkanes of at least 4 members (excludes halogenated alkanes) is 25. The van der Waals surface area contributed by atoms with Crippen molar-refractivity contribution < 1.29 is 14.6 Å². The Bertz CT molecular complexity index is 464. The van der Waals surface area contributed by atoms with Crippen molar-refractivity contribution in [1.82, 2.24) is 0 Å². The second kappa shape index (κ2) is 36.6. The minimum absolute atomic E-state index is 0.0606. The number of hydrogen-bond donors (Lipinski definition) is 1. The van der Waals surface area contributed by atoms with Crippen LogP contribution in [0, 0.1) is 0 Å². The van der Waals surface area contributed by atoms with Crippen molar-refractivity contribution in [2.75, 3.05) is 26.4 Å². The summed E-state index contributed by atoms with van der Waals surface area (Å²) in [6.07, 6.45) is 42.4. The normalized spacial score (nSPS) is 12.6. The van der Waals surface area contributed by atoms with Gasteiger partial charge in [-0.05, 0) is 38.5 Å². The van der Waals surface area contributed by atoms with Crippen LogP contribution in [-0.4, -0.2) is 37.6 Å². The first kappa shape index (κ1) is 39.6. The molecule has 40 heavy (non-hydrogen) atoms. The third-order valence-electron chi connectivity index (χ3n) is 8.16. The summed E-state index contributed by atoms with van der Waals surface area (Å²) in [7, 11) is 0. The molecular weight excluding hydrogens is 492 g/mol. The first-order valence-electron chi connectivity index (χ1n) is 18.3. The maximum Gasteiger partial charge on any atom is 0.104 e. The third-order valence-corrected chi connectivity index (χ3v) is 8.16. The van der Waals surface area contributed by atoms with Crippen molar-refractivity contribution in [2.45, 2.75) is 200 Å². The van der Waals surface area contributed by atoms with E-state index in [1.54, 1.807) is 0 Å². The molecule has 0 aliphatic rings. The topological polar surface area (TPSA) is 38.7 Å². The van der Waals surface area contributed by atoms with E-state index in [-0.39, 0.29) is 12.7 Å². The molecule has 0 amide bonds. The molecule has 0 aromatic heterocycles. The first-order valence-corrected chi connectivity index (χ1v) is 18.3. The number of aliphatic hydroxyl groups excluding tert-OH is 1. The minimum Gasteiger partial charge on any atom is -0.394 e. The summed E-state index contributed by atoms with van der Waals surface area (Å²) in [6.45, 7) is 6.70. The molecule has 0 bridgehead atoms. The van der Waals surface area contributed by atoms with Crippen molar-refractivity contribution >= 4 is 0 Å². The van der Waals surface area contributed by atoms with Crippen molar-refractivity contribution in [2.24, 2.45) is 0 Å². The van der Waals surface area contributed by atoms with Crippen molar-refractivity contribution in [3.05, 3.63) is 12.2 Å². The Hall–Kier alpha value is -0.380. The molecule has 0 aromatic rings. The van der Waals surface area contributed by atoms with E-state index in [1.807, 2.05) is 0 Å². The Kier molecular flexibility index (Phi) is 36.3. The lowest BCUT2D eigenvalue weighted by molar-refractivity contribution is -0.0437. The molecule has 0 aliphatic heterocycles. The van der Waals surface area contributed by atoms with Gasteiger partial charge in [-0.25, -0.2) is 0 Å². The Morgan fingerprint density at radius 1 is 0.450 bits per heavy atom. The molecule has 0 saturated heterocycles. The predicted molar refractivity (Wildman–Crippen MR) is 177 cm³/mol. The molecule has 1 N–H and O–H groups in total. The highest BCUT2D eigenvalue weighted by atomic mass is 16.5. The van der Waals surface area contributed by atoms with E-state index in [0.29, 0.717) is 6.61 Å². The summed E-state index contributed by atoms with van der Waals surface area (Å²) in [5.74, 6) is 0. The summed E-state index contributed by atoms with van der Waals surface area (Å²) in [5, 5.41) is 9.58. The van der Waals surface area contributed by atoms with Crippen LogP contribution in [0.25, 0.3) is 0 Å². The lowest BCUT2D eigenvalue weighted by Crippen LogP contribution is -2.24. The fourth-order valence-corrected chi connectivity index (χ4v) is 5.37. The molecule has 3 heteroatoms. The Labute approximate surface area is 252 Å². The largest absolute Gasteiger partial charge is 0.394 e. The van der Waals surface area contributed by atoms with Gasteiger partial charge in [-0.15, -0.1) is 0 Å². The summed E-state index contributed by atoms with van der Waals surface area (Å²) in [5.41, 5.74) is 0. The second-order valence-corrected chi connectivity index (χ2v) is 12.3. The van der Waals surface area contributed by atoms with Crippen molar-refractivity contribution in [1.29, 1.82) is 0 Å². The van der Waals surface area contributed by atoms with Crippen molar-refractivity contribution in [3.63, 3.8) is 0 Å². The number of aliphatic hydroxyl groups is 1. The summed E-state index contributed by atoms with van der Waals surface area (Å²) >= 11 is 0. The highest BCUT2D eigenvalue weighted by Crippen LogP contribution is 2.13. The minimum atomic E-state index is -0.158. The maximum atomic E-state index is 9.58. The monoisotopic (exact) mass is 567 g/mol. The van der Waals surface area contributed by atoms with Gasteiger partial charge in [0, 0.05) is 13.2 Å². The average Bonchev–Trinajstić information content (AvgIpc) is 2.97. The van der Waals surface area contributed by atoms with Crippen LogP contribution in [0.3, 0.4) is 0 Å². The third kappa shape index (κ3) is 33.8. The van der Waals surface area contributed by atoms with E-state index in [9.17, 15) is 5.11 Å². The van der Waals surface area contributed by atoms with Crippen LogP contribution in [0.4, 0.5) is 0 Å². The van der Waals surface area contributed by atoms with Gasteiger partial charge in [-0.2, -0.15) is 0 Å². The lowest BCUT2D eigenvalue weighted by Gasteiger charge is -2.15. The van der Waals surface area contributed by atoms with Crippen LogP contribution in [-0.2, 0) is 9.47 Å². The van der Waals surface area contributed by atoms with Gasteiger partial charge in [0.2, 0.25) is 0 Å². The van der Waals surface area contributed by atoms with Gasteiger partial charge in [-0.3, -0.25) is 0 Å². The molecule has 0 radical (unpaired) electrons. The number of hydrogen-bond acceptors (Lipinski definition) is 3. The molecule has 3 nitrogen and oxygen atoms in total. The molecule has 0 aliphatic carbocycles. The van der Waals surface area contributed by atoms with E-state index in [1.165, 1.54) is 167 Å². The standard InChI is InChI=1S/C37H74O3/c1-3-5-7-9-11-13-15-17-19-20-22-24-26-28-30-32-34-40-37(35-38)36-39-33-31-29-27-25-23-21-18-16-14-12-10-8-6-4-2/h17,19,37-38H,3-16,18,20-36H2,1-2H3/b19-17-. The van der Waals surface area contributed by atoms with Gasteiger partial charge in [0.25, 0.3) is 0 Å².